The number of rotatable bonds is 4. The van der Waals surface area contributed by atoms with Gasteiger partial charge in [-0.05, 0) is 40.5 Å². The standard InChI is InChI=1S/C27H20ClN3O2/c28-26-23-15-18(12-13-25(23)30-17-31-26)7-5-6-14-29-27(32)33-16-24-21-10-3-1-8-19(21)20-9-2-4-11-22(20)24/h1-4,8-13,15,17,24H,6,14,16H2,(H,29,32). The third-order valence-corrected chi connectivity index (χ3v) is 5.98. The molecule has 5 nitrogen and oxygen atoms in total. The molecule has 0 unspecified atom stereocenters. The summed E-state index contributed by atoms with van der Waals surface area (Å²) in [5, 5.41) is 3.94. The van der Waals surface area contributed by atoms with Crippen molar-refractivity contribution in [1.82, 2.24) is 15.3 Å². The Bertz CT molecular complexity index is 1360. The third kappa shape index (κ3) is 4.39. The first-order valence-corrected chi connectivity index (χ1v) is 11.1. The van der Waals surface area contributed by atoms with E-state index in [-0.39, 0.29) is 5.92 Å². The Morgan fingerprint density at radius 3 is 2.48 bits per heavy atom. The average molecular weight is 454 g/mol. The SMILES string of the molecule is O=C(NCCC#Cc1ccc2ncnc(Cl)c2c1)OCC1c2ccccc2-c2ccccc21. The van der Waals surface area contributed by atoms with E-state index >= 15 is 0 Å². The Labute approximate surface area is 196 Å². The number of nitrogens with one attached hydrogen (secondary N) is 1. The normalized spacial score (nSPS) is 11.9. The van der Waals surface area contributed by atoms with Gasteiger partial charge in [0.2, 0.25) is 0 Å². The molecule has 0 radical (unpaired) electrons. The number of halogens is 1. The number of amides is 1. The summed E-state index contributed by atoms with van der Waals surface area (Å²) in [5.41, 5.74) is 6.40. The lowest BCUT2D eigenvalue weighted by Gasteiger charge is -2.14. The summed E-state index contributed by atoms with van der Waals surface area (Å²) in [6.07, 6.45) is 1.50. The summed E-state index contributed by atoms with van der Waals surface area (Å²) in [6, 6.07) is 22.2. The first-order valence-electron chi connectivity index (χ1n) is 10.7. The van der Waals surface area contributed by atoms with Gasteiger partial charge in [-0.25, -0.2) is 14.8 Å². The van der Waals surface area contributed by atoms with Crippen LogP contribution >= 0.6 is 11.6 Å². The van der Waals surface area contributed by atoms with E-state index in [1.165, 1.54) is 28.6 Å². The van der Waals surface area contributed by atoms with E-state index in [2.05, 4.69) is 51.4 Å². The highest BCUT2D eigenvalue weighted by Gasteiger charge is 2.28. The van der Waals surface area contributed by atoms with Crippen molar-refractivity contribution in [3.63, 3.8) is 0 Å². The molecule has 33 heavy (non-hydrogen) atoms. The summed E-state index contributed by atoms with van der Waals surface area (Å²) >= 11 is 6.12. The van der Waals surface area contributed by atoms with E-state index in [4.69, 9.17) is 16.3 Å². The minimum atomic E-state index is -0.437. The predicted octanol–water partition coefficient (Wildman–Crippen LogP) is 5.56. The highest BCUT2D eigenvalue weighted by Crippen LogP contribution is 2.44. The van der Waals surface area contributed by atoms with Gasteiger partial charge < -0.3 is 10.1 Å². The van der Waals surface area contributed by atoms with Crippen LogP contribution in [0.15, 0.2) is 73.1 Å². The van der Waals surface area contributed by atoms with Gasteiger partial charge in [0, 0.05) is 29.8 Å². The number of carbonyl (C=O) groups is 1. The molecular weight excluding hydrogens is 434 g/mol. The molecule has 0 fully saturated rings. The van der Waals surface area contributed by atoms with Crippen LogP contribution in [0, 0.1) is 11.8 Å². The van der Waals surface area contributed by atoms with Gasteiger partial charge in [0.15, 0.2) is 0 Å². The van der Waals surface area contributed by atoms with Crippen LogP contribution in [-0.4, -0.2) is 29.2 Å². The lowest BCUT2D eigenvalue weighted by molar-refractivity contribution is 0.143. The van der Waals surface area contributed by atoms with Gasteiger partial charge >= 0.3 is 6.09 Å². The Kier molecular flexibility index (Phi) is 5.93. The average Bonchev–Trinajstić information content (AvgIpc) is 3.17. The van der Waals surface area contributed by atoms with Crippen molar-refractivity contribution in [3.8, 4) is 23.0 Å². The quantitative estimate of drug-likeness (QED) is 0.249. The molecule has 0 saturated carbocycles. The molecular formula is C27H20ClN3O2. The summed E-state index contributed by atoms with van der Waals surface area (Å²) in [7, 11) is 0. The minimum Gasteiger partial charge on any atom is -0.449 e. The maximum atomic E-state index is 12.2. The second kappa shape index (κ2) is 9.32. The Morgan fingerprint density at radius 2 is 1.73 bits per heavy atom. The van der Waals surface area contributed by atoms with Gasteiger partial charge in [-0.1, -0.05) is 72.0 Å². The first kappa shape index (κ1) is 21.0. The largest absolute Gasteiger partial charge is 0.449 e. The molecule has 3 aromatic carbocycles. The van der Waals surface area contributed by atoms with E-state index in [0.29, 0.717) is 24.7 Å². The molecule has 0 aliphatic heterocycles. The third-order valence-electron chi connectivity index (χ3n) is 5.68. The van der Waals surface area contributed by atoms with Crippen molar-refractivity contribution in [3.05, 3.63) is 94.9 Å². The zero-order valence-corrected chi connectivity index (χ0v) is 18.5. The molecule has 1 N–H and O–H groups in total. The number of nitrogens with zero attached hydrogens (tertiary/aromatic N) is 2. The molecule has 6 heteroatoms. The Hall–Kier alpha value is -3.88. The van der Waals surface area contributed by atoms with Crippen LogP contribution in [0.3, 0.4) is 0 Å². The number of hydrogen-bond acceptors (Lipinski definition) is 4. The number of carbonyl (C=O) groups excluding carboxylic acids is 1. The molecule has 5 rings (SSSR count). The first-order chi connectivity index (χ1) is 16.2. The van der Waals surface area contributed by atoms with Crippen molar-refractivity contribution in [2.24, 2.45) is 0 Å². The van der Waals surface area contributed by atoms with Crippen molar-refractivity contribution in [2.75, 3.05) is 13.2 Å². The fourth-order valence-corrected chi connectivity index (χ4v) is 4.34. The van der Waals surface area contributed by atoms with E-state index in [1.54, 1.807) is 0 Å². The molecule has 0 spiro atoms. The topological polar surface area (TPSA) is 64.1 Å². The van der Waals surface area contributed by atoms with Crippen LogP contribution in [0.1, 0.15) is 29.0 Å². The molecule has 1 aliphatic carbocycles. The van der Waals surface area contributed by atoms with Crippen molar-refractivity contribution in [1.29, 1.82) is 0 Å². The van der Waals surface area contributed by atoms with E-state index in [0.717, 1.165) is 16.5 Å². The van der Waals surface area contributed by atoms with Crippen molar-refractivity contribution in [2.45, 2.75) is 12.3 Å². The summed E-state index contributed by atoms with van der Waals surface area (Å²) in [4.78, 5) is 20.4. The molecule has 1 aromatic heterocycles. The number of benzene rings is 3. The summed E-state index contributed by atoms with van der Waals surface area (Å²) < 4.78 is 5.54. The lowest BCUT2D eigenvalue weighted by atomic mass is 9.98. The maximum absolute atomic E-state index is 12.2. The second-order valence-corrected chi connectivity index (χ2v) is 8.06. The molecule has 162 valence electrons. The Morgan fingerprint density at radius 1 is 1.00 bits per heavy atom. The van der Waals surface area contributed by atoms with E-state index in [1.807, 2.05) is 42.5 Å². The molecule has 4 aromatic rings. The molecule has 0 bridgehead atoms. The summed E-state index contributed by atoms with van der Waals surface area (Å²) in [6.45, 7) is 0.701. The zero-order valence-electron chi connectivity index (χ0n) is 17.7. The van der Waals surface area contributed by atoms with Crippen molar-refractivity contribution < 1.29 is 9.53 Å². The zero-order chi connectivity index (χ0) is 22.6. The van der Waals surface area contributed by atoms with Crippen molar-refractivity contribution >= 4 is 28.6 Å². The second-order valence-electron chi connectivity index (χ2n) is 7.70. The van der Waals surface area contributed by atoms with Gasteiger partial charge in [0.05, 0.1) is 5.52 Å². The number of ether oxygens (including phenoxy) is 1. The van der Waals surface area contributed by atoms with Gasteiger partial charge in [0.25, 0.3) is 0 Å². The lowest BCUT2D eigenvalue weighted by Crippen LogP contribution is -2.26. The fourth-order valence-electron chi connectivity index (χ4n) is 4.14. The molecule has 0 saturated heterocycles. The molecule has 0 atom stereocenters. The molecule has 1 aliphatic rings. The van der Waals surface area contributed by atoms with Gasteiger partial charge in [0.1, 0.15) is 18.1 Å². The number of aromatic nitrogens is 2. The van der Waals surface area contributed by atoms with Gasteiger partial charge in [-0.15, -0.1) is 0 Å². The molecule has 1 amide bonds. The van der Waals surface area contributed by atoms with E-state index in [9.17, 15) is 4.79 Å². The number of hydrogen-bond donors (Lipinski definition) is 1. The van der Waals surface area contributed by atoms with E-state index < -0.39 is 6.09 Å². The number of alkyl carbamates (subject to hydrolysis) is 1. The highest BCUT2D eigenvalue weighted by atomic mass is 35.5. The maximum Gasteiger partial charge on any atom is 0.407 e. The number of fused-ring (bicyclic) bond motifs is 4. The van der Waals surface area contributed by atoms with Crippen LogP contribution in [0.5, 0.6) is 0 Å². The van der Waals surface area contributed by atoms with Crippen LogP contribution in [0.25, 0.3) is 22.0 Å². The molecule has 1 heterocycles. The van der Waals surface area contributed by atoms with Gasteiger partial charge in [-0.3, -0.25) is 0 Å². The minimum absolute atomic E-state index is 0.0478. The Balaban J connectivity index is 1.14. The van der Waals surface area contributed by atoms with Crippen LogP contribution in [0.4, 0.5) is 4.79 Å². The summed E-state index contributed by atoms with van der Waals surface area (Å²) in [5.74, 6) is 6.19. The smallest absolute Gasteiger partial charge is 0.407 e. The van der Waals surface area contributed by atoms with Crippen LogP contribution < -0.4 is 5.32 Å². The monoisotopic (exact) mass is 453 g/mol. The predicted molar refractivity (Wildman–Crippen MR) is 129 cm³/mol. The highest BCUT2D eigenvalue weighted by molar-refractivity contribution is 6.34. The van der Waals surface area contributed by atoms with Crippen LogP contribution in [0.2, 0.25) is 5.15 Å². The van der Waals surface area contributed by atoms with Crippen LogP contribution in [-0.2, 0) is 4.74 Å². The van der Waals surface area contributed by atoms with Gasteiger partial charge in [-0.2, -0.15) is 0 Å². The fraction of sp³-hybridized carbons (Fsp3) is 0.148.